The number of sulfonamides is 1. The summed E-state index contributed by atoms with van der Waals surface area (Å²) >= 11 is 1.53. The smallest absolute Gasteiger partial charge is 0.247 e. The highest BCUT2D eigenvalue weighted by atomic mass is 32.2. The van der Waals surface area contributed by atoms with Gasteiger partial charge in [-0.05, 0) is 49.1 Å². The first kappa shape index (κ1) is 22.4. The predicted molar refractivity (Wildman–Crippen MR) is 129 cm³/mol. The number of thioether (sulfide) groups is 1. The van der Waals surface area contributed by atoms with Gasteiger partial charge in [0.1, 0.15) is 6.54 Å². The highest BCUT2D eigenvalue weighted by molar-refractivity contribution is 7.99. The maximum atomic E-state index is 13.3. The van der Waals surface area contributed by atoms with Crippen LogP contribution < -0.4 is 9.80 Å². The normalized spacial score (nSPS) is 21.1. The lowest BCUT2D eigenvalue weighted by molar-refractivity contribution is -0.124. The second kappa shape index (κ2) is 8.77. The summed E-state index contributed by atoms with van der Waals surface area (Å²) in [5.41, 5.74) is 2.52. The lowest BCUT2D eigenvalue weighted by Gasteiger charge is -2.27. The van der Waals surface area contributed by atoms with Crippen molar-refractivity contribution in [3.05, 3.63) is 48.0 Å². The van der Waals surface area contributed by atoms with E-state index in [1.54, 1.807) is 23.1 Å². The molecule has 1 fully saturated rings. The van der Waals surface area contributed by atoms with Crippen LogP contribution in [0.3, 0.4) is 0 Å². The molecule has 7 nitrogen and oxygen atoms in total. The molecule has 0 aliphatic carbocycles. The quantitative estimate of drug-likeness (QED) is 0.665. The van der Waals surface area contributed by atoms with Crippen molar-refractivity contribution in [2.45, 2.75) is 36.0 Å². The van der Waals surface area contributed by atoms with Crippen molar-refractivity contribution in [1.29, 1.82) is 0 Å². The molecule has 3 heterocycles. The van der Waals surface area contributed by atoms with Crippen molar-refractivity contribution in [2.24, 2.45) is 5.92 Å². The lowest BCUT2D eigenvalue weighted by atomic mass is 10.1. The van der Waals surface area contributed by atoms with E-state index in [1.807, 2.05) is 31.2 Å². The highest BCUT2D eigenvalue weighted by Gasteiger charge is 2.34. The number of anilines is 2. The van der Waals surface area contributed by atoms with Gasteiger partial charge in [0.2, 0.25) is 21.8 Å². The Morgan fingerprint density at radius 2 is 1.82 bits per heavy atom. The zero-order valence-corrected chi connectivity index (χ0v) is 20.2. The van der Waals surface area contributed by atoms with E-state index < -0.39 is 10.0 Å². The monoisotopic (exact) mass is 485 g/mol. The Bertz CT molecular complexity index is 1210. The van der Waals surface area contributed by atoms with Gasteiger partial charge in [-0.2, -0.15) is 4.31 Å². The van der Waals surface area contributed by atoms with E-state index in [-0.39, 0.29) is 29.2 Å². The SMILES string of the molecule is C[C@@H]1CSc2ccc(S(=O)(=O)N3CCCC3)cc2N(CC(=O)N2CCc3ccccc32)C1=O. The van der Waals surface area contributed by atoms with E-state index in [1.165, 1.54) is 21.0 Å². The van der Waals surface area contributed by atoms with Crippen LogP contribution in [0.2, 0.25) is 0 Å². The number of nitrogens with zero attached hydrogens (tertiary/aromatic N) is 3. The second-order valence-electron chi connectivity index (χ2n) is 8.80. The summed E-state index contributed by atoms with van der Waals surface area (Å²) in [6.45, 7) is 3.35. The first-order valence-corrected chi connectivity index (χ1v) is 13.8. The van der Waals surface area contributed by atoms with Crippen LogP contribution in [0.1, 0.15) is 25.3 Å². The average Bonchev–Trinajstić information content (AvgIpc) is 3.49. The Morgan fingerprint density at radius 1 is 1.06 bits per heavy atom. The van der Waals surface area contributed by atoms with Crippen LogP contribution in [0.4, 0.5) is 11.4 Å². The topological polar surface area (TPSA) is 78.0 Å². The maximum Gasteiger partial charge on any atom is 0.247 e. The molecular weight excluding hydrogens is 458 g/mol. The molecule has 2 aromatic carbocycles. The van der Waals surface area contributed by atoms with Crippen molar-refractivity contribution in [2.75, 3.05) is 41.7 Å². The van der Waals surface area contributed by atoms with Crippen molar-refractivity contribution in [3.8, 4) is 0 Å². The summed E-state index contributed by atoms with van der Waals surface area (Å²) in [4.78, 5) is 30.9. The molecule has 3 aliphatic heterocycles. The summed E-state index contributed by atoms with van der Waals surface area (Å²) in [6.07, 6.45) is 2.50. The van der Waals surface area contributed by atoms with E-state index in [2.05, 4.69) is 0 Å². The van der Waals surface area contributed by atoms with Gasteiger partial charge in [0.25, 0.3) is 0 Å². The molecule has 3 aliphatic rings. The molecule has 0 radical (unpaired) electrons. The second-order valence-corrected chi connectivity index (χ2v) is 11.8. The summed E-state index contributed by atoms with van der Waals surface area (Å²) in [6, 6.07) is 12.8. The molecule has 0 unspecified atom stereocenters. The zero-order valence-electron chi connectivity index (χ0n) is 18.6. The fourth-order valence-corrected chi connectivity index (χ4v) is 7.31. The number of fused-ring (bicyclic) bond motifs is 2. The molecule has 1 saturated heterocycles. The Hall–Kier alpha value is -2.36. The fraction of sp³-hybridized carbons (Fsp3) is 0.417. The van der Waals surface area contributed by atoms with E-state index in [4.69, 9.17) is 0 Å². The molecule has 174 valence electrons. The van der Waals surface area contributed by atoms with Crippen molar-refractivity contribution >= 4 is 45.0 Å². The third kappa shape index (κ3) is 4.06. The highest BCUT2D eigenvalue weighted by Crippen LogP contribution is 2.38. The van der Waals surface area contributed by atoms with Gasteiger partial charge in [0.15, 0.2) is 0 Å². The number of carbonyl (C=O) groups is 2. The number of amides is 2. The minimum absolute atomic E-state index is 0.113. The van der Waals surface area contributed by atoms with Crippen LogP contribution in [0.15, 0.2) is 52.3 Å². The average molecular weight is 486 g/mol. The number of para-hydroxylation sites is 1. The standard InChI is InChI=1S/C24H27N3O4S2/c1-17-16-32-22-9-8-19(33(30,31)25-11-4-5-12-25)14-21(22)27(24(17)29)15-23(28)26-13-10-18-6-2-3-7-20(18)26/h2-3,6-9,14,17H,4-5,10-13,15-16H2,1H3/t17-/m1/s1. The molecule has 2 amide bonds. The van der Waals surface area contributed by atoms with E-state index >= 15 is 0 Å². The number of benzene rings is 2. The number of hydrogen-bond donors (Lipinski definition) is 0. The summed E-state index contributed by atoms with van der Waals surface area (Å²) in [5.74, 6) is -0.00922. The molecular formula is C24H27N3O4S2. The van der Waals surface area contributed by atoms with Gasteiger partial charge in [0.05, 0.1) is 10.6 Å². The fourth-order valence-electron chi connectivity index (χ4n) is 4.72. The van der Waals surface area contributed by atoms with Gasteiger partial charge in [0, 0.05) is 41.9 Å². The Morgan fingerprint density at radius 3 is 2.61 bits per heavy atom. The van der Waals surface area contributed by atoms with Crippen molar-refractivity contribution in [3.63, 3.8) is 0 Å². The molecule has 0 bridgehead atoms. The number of hydrogen-bond acceptors (Lipinski definition) is 5. The minimum atomic E-state index is -3.63. The van der Waals surface area contributed by atoms with Gasteiger partial charge in [-0.1, -0.05) is 25.1 Å². The van der Waals surface area contributed by atoms with E-state index in [0.29, 0.717) is 31.1 Å². The molecule has 5 rings (SSSR count). The number of rotatable bonds is 4. The van der Waals surface area contributed by atoms with Crippen LogP contribution >= 0.6 is 11.8 Å². The van der Waals surface area contributed by atoms with Crippen molar-refractivity contribution < 1.29 is 18.0 Å². The Labute approximate surface area is 198 Å². The lowest BCUT2D eigenvalue weighted by Crippen LogP contribution is -2.44. The third-order valence-electron chi connectivity index (χ3n) is 6.58. The number of carbonyl (C=O) groups excluding carboxylic acids is 2. The van der Waals surface area contributed by atoms with Gasteiger partial charge in [-0.25, -0.2) is 8.42 Å². The first-order valence-electron chi connectivity index (χ1n) is 11.3. The van der Waals surface area contributed by atoms with Crippen LogP contribution in [-0.4, -0.2) is 56.5 Å². The Kier molecular flexibility index (Phi) is 5.96. The molecule has 0 N–H and O–H groups in total. The summed E-state index contributed by atoms with van der Waals surface area (Å²) in [5, 5.41) is 0. The van der Waals surface area contributed by atoms with Crippen molar-refractivity contribution in [1.82, 2.24) is 4.31 Å². The van der Waals surface area contributed by atoms with Gasteiger partial charge < -0.3 is 9.80 Å². The predicted octanol–water partition coefficient (Wildman–Crippen LogP) is 3.14. The van der Waals surface area contributed by atoms with Gasteiger partial charge >= 0.3 is 0 Å². The molecule has 0 saturated carbocycles. The molecule has 0 aromatic heterocycles. The molecule has 2 aromatic rings. The minimum Gasteiger partial charge on any atom is -0.310 e. The summed E-state index contributed by atoms with van der Waals surface area (Å²) < 4.78 is 27.8. The van der Waals surface area contributed by atoms with Crippen LogP contribution in [0, 0.1) is 5.92 Å². The van der Waals surface area contributed by atoms with Crippen LogP contribution in [-0.2, 0) is 26.0 Å². The molecule has 33 heavy (non-hydrogen) atoms. The molecule has 1 atom stereocenters. The molecule has 9 heteroatoms. The third-order valence-corrected chi connectivity index (χ3v) is 9.80. The van der Waals surface area contributed by atoms with Crippen LogP contribution in [0.25, 0.3) is 0 Å². The molecule has 0 spiro atoms. The first-order chi connectivity index (χ1) is 15.9. The maximum absolute atomic E-state index is 13.3. The summed E-state index contributed by atoms with van der Waals surface area (Å²) in [7, 11) is -3.63. The van der Waals surface area contributed by atoms with Crippen LogP contribution in [0.5, 0.6) is 0 Å². The van der Waals surface area contributed by atoms with Gasteiger partial charge in [-0.3, -0.25) is 9.59 Å². The zero-order chi connectivity index (χ0) is 23.2. The Balaban J connectivity index is 1.49. The van der Waals surface area contributed by atoms with E-state index in [0.717, 1.165) is 35.4 Å². The van der Waals surface area contributed by atoms with Gasteiger partial charge in [-0.15, -0.1) is 11.8 Å². The van der Waals surface area contributed by atoms with E-state index in [9.17, 15) is 18.0 Å². The largest absolute Gasteiger partial charge is 0.310 e.